The molecule has 1 saturated carbocycles. The first-order valence-corrected chi connectivity index (χ1v) is 7.61. The molecule has 0 amide bonds. The van der Waals surface area contributed by atoms with Crippen molar-refractivity contribution in [2.45, 2.75) is 52.7 Å². The van der Waals surface area contributed by atoms with Gasteiger partial charge >= 0.3 is 0 Å². The quantitative estimate of drug-likeness (QED) is 0.835. The number of ether oxygens (including phenoxy) is 1. The molecule has 0 heterocycles. The lowest BCUT2D eigenvalue weighted by Crippen LogP contribution is -2.23. The SMILES string of the molecule is CC(C)Oc1cccc(CNCC2CCCC2C)c1. The van der Waals surface area contributed by atoms with Crippen molar-refractivity contribution >= 4 is 0 Å². The Morgan fingerprint density at radius 1 is 1.32 bits per heavy atom. The summed E-state index contributed by atoms with van der Waals surface area (Å²) in [6.07, 6.45) is 4.45. The molecule has 2 unspecified atom stereocenters. The van der Waals surface area contributed by atoms with Gasteiger partial charge in [-0.15, -0.1) is 0 Å². The first-order chi connectivity index (χ1) is 9.15. The van der Waals surface area contributed by atoms with Crippen LogP contribution in [0, 0.1) is 11.8 Å². The van der Waals surface area contributed by atoms with Gasteiger partial charge in [0.05, 0.1) is 6.10 Å². The number of rotatable bonds is 6. The summed E-state index contributed by atoms with van der Waals surface area (Å²) in [4.78, 5) is 0. The molecule has 1 aromatic rings. The summed E-state index contributed by atoms with van der Waals surface area (Å²) in [6, 6.07) is 8.42. The van der Waals surface area contributed by atoms with Crippen molar-refractivity contribution in [3.05, 3.63) is 29.8 Å². The molecule has 0 spiro atoms. The molecular formula is C17H27NO. The molecule has 0 aliphatic heterocycles. The van der Waals surface area contributed by atoms with Crippen LogP contribution in [-0.4, -0.2) is 12.6 Å². The highest BCUT2D eigenvalue weighted by atomic mass is 16.5. The van der Waals surface area contributed by atoms with Gasteiger partial charge in [-0.2, -0.15) is 0 Å². The number of nitrogens with one attached hydrogen (secondary N) is 1. The Bertz CT molecular complexity index is 389. The second-order valence-electron chi connectivity index (χ2n) is 6.11. The molecule has 1 fully saturated rings. The zero-order chi connectivity index (χ0) is 13.7. The highest BCUT2D eigenvalue weighted by Gasteiger charge is 2.22. The largest absolute Gasteiger partial charge is 0.491 e. The van der Waals surface area contributed by atoms with E-state index in [-0.39, 0.29) is 6.10 Å². The van der Waals surface area contributed by atoms with Gasteiger partial charge in [-0.05, 0) is 56.3 Å². The second-order valence-corrected chi connectivity index (χ2v) is 6.11. The Hall–Kier alpha value is -1.02. The van der Waals surface area contributed by atoms with Crippen LogP contribution in [0.4, 0.5) is 0 Å². The van der Waals surface area contributed by atoms with Crippen LogP contribution < -0.4 is 10.1 Å². The van der Waals surface area contributed by atoms with Gasteiger partial charge in [0.1, 0.15) is 5.75 Å². The summed E-state index contributed by atoms with van der Waals surface area (Å²) in [7, 11) is 0. The van der Waals surface area contributed by atoms with E-state index in [2.05, 4.69) is 44.3 Å². The molecule has 1 aromatic carbocycles. The molecule has 2 rings (SSSR count). The van der Waals surface area contributed by atoms with Crippen molar-refractivity contribution in [2.75, 3.05) is 6.54 Å². The lowest BCUT2D eigenvalue weighted by molar-refractivity contribution is 0.242. The molecule has 0 aromatic heterocycles. The minimum atomic E-state index is 0.238. The summed E-state index contributed by atoms with van der Waals surface area (Å²) < 4.78 is 5.72. The molecule has 1 aliphatic rings. The predicted molar refractivity (Wildman–Crippen MR) is 80.4 cm³/mol. The second kappa shape index (κ2) is 6.95. The van der Waals surface area contributed by atoms with Crippen molar-refractivity contribution in [2.24, 2.45) is 11.8 Å². The molecule has 2 heteroatoms. The Morgan fingerprint density at radius 3 is 2.84 bits per heavy atom. The van der Waals surface area contributed by atoms with Gasteiger partial charge in [0.25, 0.3) is 0 Å². The molecule has 0 bridgehead atoms. The highest BCUT2D eigenvalue weighted by Crippen LogP contribution is 2.30. The van der Waals surface area contributed by atoms with Crippen LogP contribution in [0.1, 0.15) is 45.6 Å². The molecule has 2 nitrogen and oxygen atoms in total. The van der Waals surface area contributed by atoms with Gasteiger partial charge in [-0.25, -0.2) is 0 Å². The van der Waals surface area contributed by atoms with E-state index in [1.54, 1.807) is 0 Å². The van der Waals surface area contributed by atoms with Crippen molar-refractivity contribution < 1.29 is 4.74 Å². The standard InChI is InChI=1S/C17H27NO/c1-13(2)19-17-9-5-7-15(10-17)11-18-12-16-8-4-6-14(16)3/h5,7,9-10,13-14,16,18H,4,6,8,11-12H2,1-3H3. The summed E-state index contributed by atoms with van der Waals surface area (Å²) in [5, 5.41) is 3.60. The molecular weight excluding hydrogens is 234 g/mol. The third-order valence-electron chi connectivity index (χ3n) is 4.05. The average Bonchev–Trinajstić information content (AvgIpc) is 2.75. The summed E-state index contributed by atoms with van der Waals surface area (Å²) in [5.41, 5.74) is 1.31. The Kier molecular flexibility index (Phi) is 5.26. The molecule has 19 heavy (non-hydrogen) atoms. The maximum absolute atomic E-state index is 5.72. The maximum atomic E-state index is 5.72. The fourth-order valence-corrected chi connectivity index (χ4v) is 2.93. The van der Waals surface area contributed by atoms with Crippen LogP contribution in [0.15, 0.2) is 24.3 Å². The first kappa shape index (κ1) is 14.4. The van der Waals surface area contributed by atoms with Crippen molar-refractivity contribution in [3.63, 3.8) is 0 Å². The molecule has 0 radical (unpaired) electrons. The first-order valence-electron chi connectivity index (χ1n) is 7.61. The summed E-state index contributed by atoms with van der Waals surface area (Å²) in [6.45, 7) is 8.60. The van der Waals surface area contributed by atoms with Crippen LogP contribution in [0.5, 0.6) is 5.75 Å². The van der Waals surface area contributed by atoms with E-state index < -0.39 is 0 Å². The fourth-order valence-electron chi connectivity index (χ4n) is 2.93. The minimum absolute atomic E-state index is 0.238. The smallest absolute Gasteiger partial charge is 0.120 e. The van der Waals surface area contributed by atoms with Crippen molar-refractivity contribution in [3.8, 4) is 5.75 Å². The normalized spacial score (nSPS) is 22.9. The van der Waals surface area contributed by atoms with E-state index in [0.29, 0.717) is 0 Å². The Labute approximate surface area is 117 Å². The van der Waals surface area contributed by atoms with E-state index >= 15 is 0 Å². The van der Waals surface area contributed by atoms with E-state index in [0.717, 1.165) is 30.7 Å². The topological polar surface area (TPSA) is 21.3 Å². The van der Waals surface area contributed by atoms with Gasteiger partial charge in [0, 0.05) is 6.54 Å². The van der Waals surface area contributed by atoms with Crippen LogP contribution >= 0.6 is 0 Å². The highest BCUT2D eigenvalue weighted by molar-refractivity contribution is 5.28. The molecule has 0 saturated heterocycles. The van der Waals surface area contributed by atoms with Crippen molar-refractivity contribution in [1.82, 2.24) is 5.32 Å². The van der Waals surface area contributed by atoms with Gasteiger partial charge in [-0.1, -0.05) is 31.9 Å². The van der Waals surface area contributed by atoms with E-state index in [1.165, 1.54) is 24.8 Å². The lowest BCUT2D eigenvalue weighted by atomic mass is 9.98. The average molecular weight is 261 g/mol. The van der Waals surface area contributed by atoms with Crippen LogP contribution in [0.3, 0.4) is 0 Å². The van der Waals surface area contributed by atoms with Gasteiger partial charge < -0.3 is 10.1 Å². The van der Waals surface area contributed by atoms with Gasteiger partial charge in [0.2, 0.25) is 0 Å². The Balaban J connectivity index is 1.79. The van der Waals surface area contributed by atoms with E-state index in [4.69, 9.17) is 4.74 Å². The zero-order valence-electron chi connectivity index (χ0n) is 12.5. The third kappa shape index (κ3) is 4.54. The van der Waals surface area contributed by atoms with Gasteiger partial charge in [0.15, 0.2) is 0 Å². The molecule has 1 aliphatic carbocycles. The zero-order valence-corrected chi connectivity index (χ0v) is 12.5. The Morgan fingerprint density at radius 2 is 2.16 bits per heavy atom. The predicted octanol–water partition coefficient (Wildman–Crippen LogP) is 4.00. The fraction of sp³-hybridized carbons (Fsp3) is 0.647. The van der Waals surface area contributed by atoms with E-state index in [1.807, 2.05) is 6.07 Å². The van der Waals surface area contributed by atoms with Crippen LogP contribution in [0.2, 0.25) is 0 Å². The number of hydrogen-bond donors (Lipinski definition) is 1. The van der Waals surface area contributed by atoms with Gasteiger partial charge in [-0.3, -0.25) is 0 Å². The van der Waals surface area contributed by atoms with Crippen LogP contribution in [-0.2, 0) is 6.54 Å². The molecule has 1 N–H and O–H groups in total. The lowest BCUT2D eigenvalue weighted by Gasteiger charge is -2.16. The number of hydrogen-bond acceptors (Lipinski definition) is 2. The number of benzene rings is 1. The molecule has 106 valence electrons. The van der Waals surface area contributed by atoms with Crippen molar-refractivity contribution in [1.29, 1.82) is 0 Å². The molecule has 2 atom stereocenters. The monoisotopic (exact) mass is 261 g/mol. The van der Waals surface area contributed by atoms with Crippen LogP contribution in [0.25, 0.3) is 0 Å². The minimum Gasteiger partial charge on any atom is -0.491 e. The summed E-state index contributed by atoms with van der Waals surface area (Å²) >= 11 is 0. The van der Waals surface area contributed by atoms with E-state index in [9.17, 15) is 0 Å². The summed E-state index contributed by atoms with van der Waals surface area (Å²) in [5.74, 6) is 2.74. The maximum Gasteiger partial charge on any atom is 0.120 e. The third-order valence-corrected chi connectivity index (χ3v) is 4.05.